The summed E-state index contributed by atoms with van der Waals surface area (Å²) in [6.07, 6.45) is 2.11. The molecule has 0 aromatic carbocycles. The third kappa shape index (κ3) is 5.84. The number of aliphatic hydroxyl groups is 2. The molecule has 2 aliphatic heterocycles. The first-order chi connectivity index (χ1) is 16.9. The summed E-state index contributed by atoms with van der Waals surface area (Å²) in [7, 11) is 0. The Balaban J connectivity index is 1.58. The Morgan fingerprint density at radius 2 is 1.94 bits per heavy atom. The van der Waals surface area contributed by atoms with Gasteiger partial charge in [0.1, 0.15) is 18.0 Å². The van der Waals surface area contributed by atoms with Gasteiger partial charge in [-0.3, -0.25) is 9.59 Å². The predicted octanol–water partition coefficient (Wildman–Crippen LogP) is 4.97. The van der Waals surface area contributed by atoms with E-state index in [0.29, 0.717) is 42.8 Å². The predicted molar refractivity (Wildman–Crippen MR) is 139 cm³/mol. The SMILES string of the molecule is Cc1nc(C=C(Cl)[C@@H]2CC3OC3(Cl)CCC[C@H](C)[C@H](O)[C@@H](C)C(=O)C3(CCC3)[C@@H](O)CC(=O)O2)cs1. The normalized spacial score (nSPS) is 38.2. The fourth-order valence-corrected chi connectivity index (χ4v) is 6.68. The van der Waals surface area contributed by atoms with Gasteiger partial charge in [0.25, 0.3) is 0 Å². The van der Waals surface area contributed by atoms with Gasteiger partial charge in [-0.15, -0.1) is 11.3 Å². The van der Waals surface area contributed by atoms with Crippen LogP contribution in [0.2, 0.25) is 0 Å². The first-order valence-corrected chi connectivity index (χ1v) is 14.3. The summed E-state index contributed by atoms with van der Waals surface area (Å²) in [6, 6.07) is 0. The summed E-state index contributed by atoms with van der Waals surface area (Å²) in [5, 5.41) is 24.1. The Kier molecular flexibility index (Phi) is 8.54. The fraction of sp³-hybridized carbons (Fsp3) is 0.731. The lowest BCUT2D eigenvalue weighted by atomic mass is 9.58. The molecule has 4 rings (SSSR count). The van der Waals surface area contributed by atoms with Crippen molar-refractivity contribution in [3.63, 3.8) is 0 Å². The number of Topliss-reactive ketones (excluding diaryl/α,β-unsaturated/α-hetero) is 1. The van der Waals surface area contributed by atoms with Gasteiger partial charge in [-0.2, -0.15) is 0 Å². The van der Waals surface area contributed by atoms with Crippen LogP contribution in [0.15, 0.2) is 10.4 Å². The van der Waals surface area contributed by atoms with Crippen LogP contribution < -0.4 is 0 Å². The number of epoxide rings is 1. The Bertz CT molecular complexity index is 1010. The molecule has 7 atom stereocenters. The number of fused-ring (bicyclic) bond motifs is 1. The number of carbonyl (C=O) groups excluding carboxylic acids is 2. The highest BCUT2D eigenvalue weighted by Crippen LogP contribution is 2.50. The molecule has 1 spiro atoms. The first kappa shape index (κ1) is 28.0. The van der Waals surface area contributed by atoms with Crippen LogP contribution in [-0.2, 0) is 19.1 Å². The molecule has 7 nitrogen and oxygen atoms in total. The number of thiazole rings is 1. The van der Waals surface area contributed by atoms with Crippen molar-refractivity contribution >= 4 is 52.4 Å². The maximum atomic E-state index is 13.5. The number of aliphatic hydroxyl groups excluding tert-OH is 2. The highest BCUT2D eigenvalue weighted by atomic mass is 35.5. The molecular formula is C26H35Cl2NO6S. The maximum Gasteiger partial charge on any atom is 0.309 e. The Morgan fingerprint density at radius 1 is 1.22 bits per heavy atom. The number of ether oxygens (including phenoxy) is 2. The number of aromatic nitrogens is 1. The molecule has 1 saturated carbocycles. The van der Waals surface area contributed by atoms with Gasteiger partial charge in [-0.1, -0.05) is 43.5 Å². The summed E-state index contributed by atoms with van der Waals surface area (Å²) < 4.78 is 11.5. The van der Waals surface area contributed by atoms with Crippen LogP contribution in [0.5, 0.6) is 0 Å². The second kappa shape index (κ2) is 11.0. The number of hydrogen-bond donors (Lipinski definition) is 2. The number of halogens is 2. The van der Waals surface area contributed by atoms with E-state index in [1.165, 1.54) is 11.3 Å². The smallest absolute Gasteiger partial charge is 0.309 e. The van der Waals surface area contributed by atoms with Crippen LogP contribution in [0.3, 0.4) is 0 Å². The lowest BCUT2D eigenvalue weighted by Gasteiger charge is -2.46. The number of alkyl halides is 1. The second-order valence-electron chi connectivity index (χ2n) is 10.7. The molecule has 3 fully saturated rings. The molecule has 200 valence electrons. The quantitative estimate of drug-likeness (QED) is 0.299. The molecule has 2 saturated heterocycles. The number of nitrogens with zero attached hydrogens (tertiary/aromatic N) is 1. The molecule has 0 bridgehead atoms. The van der Waals surface area contributed by atoms with Crippen molar-refractivity contribution in [2.45, 2.75) is 102 Å². The molecule has 10 heteroatoms. The number of carbonyl (C=O) groups is 2. The summed E-state index contributed by atoms with van der Waals surface area (Å²) >= 11 is 14.8. The molecule has 0 amide bonds. The second-order valence-corrected chi connectivity index (χ2v) is 12.8. The Hall–Kier alpha value is -1.03. The molecule has 1 aromatic rings. The molecule has 1 aromatic heterocycles. The van der Waals surface area contributed by atoms with Crippen LogP contribution in [0.4, 0.5) is 0 Å². The van der Waals surface area contributed by atoms with Crippen molar-refractivity contribution in [1.29, 1.82) is 0 Å². The van der Waals surface area contributed by atoms with Gasteiger partial charge in [0.15, 0.2) is 5.06 Å². The minimum Gasteiger partial charge on any atom is -0.456 e. The number of aryl methyl sites for hydroxylation is 1. The molecular weight excluding hydrogens is 525 g/mol. The van der Waals surface area contributed by atoms with E-state index in [4.69, 9.17) is 32.7 Å². The van der Waals surface area contributed by atoms with E-state index in [0.717, 1.165) is 11.4 Å². The molecule has 3 aliphatic rings. The largest absolute Gasteiger partial charge is 0.456 e. The topological polar surface area (TPSA) is 109 Å². The first-order valence-electron chi connectivity index (χ1n) is 12.7. The number of esters is 1. The van der Waals surface area contributed by atoms with Crippen LogP contribution in [0, 0.1) is 24.2 Å². The molecule has 0 radical (unpaired) electrons. The van der Waals surface area contributed by atoms with Crippen LogP contribution >= 0.6 is 34.5 Å². The monoisotopic (exact) mass is 559 g/mol. The number of rotatable bonds is 2. The lowest BCUT2D eigenvalue weighted by Crippen LogP contribution is -2.53. The van der Waals surface area contributed by atoms with Crippen molar-refractivity contribution in [1.82, 2.24) is 4.98 Å². The standard InChI is InChI=1S/C26H35Cl2NO6S/c1-14-6-4-9-26(28)21(35-26)11-19(18(27)10-17-13-36-16(3)29-17)34-22(31)12-20(30)25(7-5-8-25)24(33)15(2)23(14)32/h10,13-15,19-21,23,30,32H,4-9,11-12H2,1-3H3/t14-,15+,19-,20-,21?,23-,26?/m0/s1. The zero-order chi connectivity index (χ0) is 26.3. The van der Waals surface area contributed by atoms with Gasteiger partial charge in [-0.25, -0.2) is 4.98 Å². The summed E-state index contributed by atoms with van der Waals surface area (Å²) in [5.74, 6) is -1.61. The number of ketones is 1. The van der Waals surface area contributed by atoms with E-state index in [-0.39, 0.29) is 30.6 Å². The molecule has 3 heterocycles. The maximum absolute atomic E-state index is 13.5. The fourth-order valence-electron chi connectivity index (χ4n) is 5.54. The number of hydrogen-bond acceptors (Lipinski definition) is 8. The van der Waals surface area contributed by atoms with Gasteiger partial charge in [-0.05, 0) is 51.0 Å². The van der Waals surface area contributed by atoms with Gasteiger partial charge < -0.3 is 19.7 Å². The average molecular weight is 561 g/mol. The van der Waals surface area contributed by atoms with E-state index < -0.39 is 40.7 Å². The van der Waals surface area contributed by atoms with E-state index in [1.54, 1.807) is 13.0 Å². The van der Waals surface area contributed by atoms with Crippen molar-refractivity contribution in [3.05, 3.63) is 21.1 Å². The highest BCUT2D eigenvalue weighted by molar-refractivity contribution is 7.09. The van der Waals surface area contributed by atoms with E-state index >= 15 is 0 Å². The van der Waals surface area contributed by atoms with Crippen molar-refractivity contribution < 1.29 is 29.3 Å². The molecule has 2 N–H and O–H groups in total. The van der Waals surface area contributed by atoms with Gasteiger partial charge in [0.2, 0.25) is 0 Å². The summed E-state index contributed by atoms with van der Waals surface area (Å²) in [6.45, 7) is 5.52. The third-order valence-corrected chi connectivity index (χ3v) is 9.78. The van der Waals surface area contributed by atoms with Crippen LogP contribution in [0.1, 0.15) is 75.9 Å². The van der Waals surface area contributed by atoms with Crippen molar-refractivity contribution in [3.8, 4) is 0 Å². The van der Waals surface area contributed by atoms with Gasteiger partial charge in [0.05, 0.1) is 39.8 Å². The molecule has 36 heavy (non-hydrogen) atoms. The number of cyclic esters (lactones) is 1. The third-order valence-electron chi connectivity index (χ3n) is 8.11. The van der Waals surface area contributed by atoms with Crippen LogP contribution in [-0.4, -0.2) is 56.4 Å². The van der Waals surface area contributed by atoms with E-state index in [1.807, 2.05) is 19.2 Å². The van der Waals surface area contributed by atoms with E-state index in [9.17, 15) is 19.8 Å². The van der Waals surface area contributed by atoms with E-state index in [2.05, 4.69) is 4.98 Å². The minimum atomic E-state index is -1.20. The minimum absolute atomic E-state index is 0.125. The van der Waals surface area contributed by atoms with Crippen molar-refractivity contribution in [2.75, 3.05) is 0 Å². The zero-order valence-corrected chi connectivity index (χ0v) is 23.2. The Labute approximate surface area is 226 Å². The highest BCUT2D eigenvalue weighted by Gasteiger charge is 2.56. The molecule has 1 aliphatic carbocycles. The Morgan fingerprint density at radius 3 is 2.56 bits per heavy atom. The van der Waals surface area contributed by atoms with Gasteiger partial charge >= 0.3 is 5.97 Å². The van der Waals surface area contributed by atoms with Crippen LogP contribution in [0.25, 0.3) is 6.08 Å². The van der Waals surface area contributed by atoms with Crippen molar-refractivity contribution in [2.24, 2.45) is 17.3 Å². The van der Waals surface area contributed by atoms with Gasteiger partial charge in [0, 0.05) is 17.7 Å². The lowest BCUT2D eigenvalue weighted by molar-refractivity contribution is -0.161. The zero-order valence-electron chi connectivity index (χ0n) is 20.9. The summed E-state index contributed by atoms with van der Waals surface area (Å²) in [4.78, 5) is 30.8. The average Bonchev–Trinajstić information content (AvgIpc) is 3.22. The molecule has 2 unspecified atom stereocenters. The summed E-state index contributed by atoms with van der Waals surface area (Å²) in [5.41, 5.74) is -0.367.